The summed E-state index contributed by atoms with van der Waals surface area (Å²) < 4.78 is 0. The molecular weight excluding hydrogens is 329 g/mol. The molecule has 0 radical (unpaired) electrons. The minimum atomic E-state index is 0. The summed E-state index contributed by atoms with van der Waals surface area (Å²) in [5, 5.41) is 0. The summed E-state index contributed by atoms with van der Waals surface area (Å²) in [5.74, 6) is 0.553. The monoisotopic (exact) mass is 348 g/mol. The zero-order valence-corrected chi connectivity index (χ0v) is 10.7. The van der Waals surface area contributed by atoms with Crippen molar-refractivity contribution in [2.45, 2.75) is 20.8 Å². The first-order valence-corrected chi connectivity index (χ1v) is 3.78. The van der Waals surface area contributed by atoms with Gasteiger partial charge in [0.1, 0.15) is 0 Å². The summed E-state index contributed by atoms with van der Waals surface area (Å²) in [6.45, 7) is 13.4. The van der Waals surface area contributed by atoms with Gasteiger partial charge in [-0.25, -0.2) is 0 Å². The van der Waals surface area contributed by atoms with Crippen molar-refractivity contribution in [3.05, 3.63) is 24.8 Å². The zero-order valence-electron chi connectivity index (χ0n) is 8.41. The Labute approximate surface area is 90.9 Å². The van der Waals surface area contributed by atoms with Gasteiger partial charge in [0.15, 0.2) is 0 Å². The third kappa shape index (κ3) is 16.4. The fourth-order valence-electron chi connectivity index (χ4n) is 0.236. The van der Waals surface area contributed by atoms with Gasteiger partial charge in [0.05, 0.1) is 0 Å². The first kappa shape index (κ1) is 17.8. The minimum absolute atomic E-state index is 0. The topological polar surface area (TPSA) is 12.4 Å². The summed E-state index contributed by atoms with van der Waals surface area (Å²) in [7, 11) is 1.75. The van der Waals surface area contributed by atoms with Gasteiger partial charge in [0.25, 0.3) is 0 Å². The van der Waals surface area contributed by atoms with Crippen LogP contribution in [-0.4, -0.2) is 13.3 Å². The van der Waals surface area contributed by atoms with E-state index in [0.29, 0.717) is 5.92 Å². The third-order valence-corrected chi connectivity index (χ3v) is 1.26. The summed E-state index contributed by atoms with van der Waals surface area (Å²) in [6.07, 6.45) is 3.55. The number of rotatable bonds is 2. The van der Waals surface area contributed by atoms with Gasteiger partial charge in [-0.05, 0) is 19.1 Å². The van der Waals surface area contributed by atoms with Crippen LogP contribution in [0.4, 0.5) is 0 Å². The molecular formula is C10H19NPt. The second-order valence-corrected chi connectivity index (χ2v) is 2.45. The maximum atomic E-state index is 3.75. The predicted octanol–water partition coefficient (Wildman–Crippen LogP) is 3.09. The average molecular weight is 348 g/mol. The first-order chi connectivity index (χ1) is 5.09. The molecule has 0 saturated heterocycles. The van der Waals surface area contributed by atoms with Crippen LogP contribution < -0.4 is 0 Å². The smallest absolute Gasteiger partial charge is 0.0273 e. The van der Waals surface area contributed by atoms with Crippen molar-refractivity contribution in [1.29, 1.82) is 0 Å². The van der Waals surface area contributed by atoms with Crippen molar-refractivity contribution in [2.75, 3.05) is 7.05 Å². The van der Waals surface area contributed by atoms with E-state index in [2.05, 4.69) is 32.0 Å². The van der Waals surface area contributed by atoms with E-state index in [4.69, 9.17) is 0 Å². The molecule has 74 valence electrons. The molecule has 0 spiro atoms. The maximum Gasteiger partial charge on any atom is 0.0273 e. The van der Waals surface area contributed by atoms with E-state index < -0.39 is 0 Å². The molecule has 0 N–H and O–H groups in total. The van der Waals surface area contributed by atoms with Gasteiger partial charge in [0, 0.05) is 28.1 Å². The van der Waals surface area contributed by atoms with Crippen LogP contribution >= 0.6 is 0 Å². The minimum Gasteiger partial charge on any atom is -0.301 e. The molecule has 0 aromatic carbocycles. The molecule has 0 saturated carbocycles. The van der Waals surface area contributed by atoms with E-state index in [-0.39, 0.29) is 21.1 Å². The molecule has 0 bridgehead atoms. The number of aliphatic imine (C=N–C) groups is 1. The van der Waals surface area contributed by atoms with Crippen LogP contribution in [0.15, 0.2) is 29.8 Å². The van der Waals surface area contributed by atoms with E-state index in [1.165, 1.54) is 0 Å². The molecule has 0 aliphatic rings. The normalized spacial score (nSPS) is 8.42. The van der Waals surface area contributed by atoms with Gasteiger partial charge in [0.2, 0.25) is 0 Å². The predicted molar refractivity (Wildman–Crippen MR) is 54.3 cm³/mol. The van der Waals surface area contributed by atoms with Crippen LogP contribution in [-0.2, 0) is 21.1 Å². The van der Waals surface area contributed by atoms with E-state index >= 15 is 0 Å². The Hall–Kier alpha value is -0.162. The van der Waals surface area contributed by atoms with Crippen molar-refractivity contribution < 1.29 is 21.1 Å². The molecule has 0 aromatic heterocycles. The van der Waals surface area contributed by atoms with Crippen LogP contribution in [0.1, 0.15) is 20.8 Å². The Bertz CT molecular complexity index is 133. The molecule has 0 aliphatic heterocycles. The molecule has 0 heterocycles. The van der Waals surface area contributed by atoms with Gasteiger partial charge in [-0.15, -0.1) is 0 Å². The van der Waals surface area contributed by atoms with Gasteiger partial charge in [-0.2, -0.15) is 0 Å². The quantitative estimate of drug-likeness (QED) is 0.537. The summed E-state index contributed by atoms with van der Waals surface area (Å²) in [4.78, 5) is 3.61. The van der Waals surface area contributed by atoms with Crippen molar-refractivity contribution >= 4 is 6.21 Å². The van der Waals surface area contributed by atoms with Crippen LogP contribution in [0.3, 0.4) is 0 Å². The molecule has 0 amide bonds. The Balaban J connectivity index is -0.000000142. The molecule has 0 aliphatic carbocycles. The molecule has 0 fully saturated rings. The second-order valence-electron chi connectivity index (χ2n) is 2.45. The Morgan fingerprint density at radius 1 is 1.42 bits per heavy atom. The van der Waals surface area contributed by atoms with Crippen LogP contribution in [0, 0.1) is 5.92 Å². The third-order valence-electron chi connectivity index (χ3n) is 1.26. The van der Waals surface area contributed by atoms with Gasteiger partial charge in [-0.3, -0.25) is 0 Å². The molecule has 2 heteroatoms. The van der Waals surface area contributed by atoms with Crippen molar-refractivity contribution in [3.8, 4) is 0 Å². The maximum absolute atomic E-state index is 3.75. The van der Waals surface area contributed by atoms with E-state index in [1.54, 1.807) is 19.3 Å². The first-order valence-electron chi connectivity index (χ1n) is 3.78. The number of nitrogens with zero attached hydrogens (tertiary/aromatic N) is 1. The van der Waals surface area contributed by atoms with E-state index in [0.717, 1.165) is 5.57 Å². The second kappa shape index (κ2) is 13.4. The fourth-order valence-corrected chi connectivity index (χ4v) is 0.236. The van der Waals surface area contributed by atoms with Gasteiger partial charge >= 0.3 is 0 Å². The van der Waals surface area contributed by atoms with Gasteiger partial charge in [-0.1, -0.05) is 38.7 Å². The Kier molecular flexibility index (Phi) is 19.9. The molecule has 0 unspecified atom stereocenters. The standard InChI is InChI=1S/C7H12.C3H7N.Pt/c1-5-7(4)6(2)3;1-3-4-2;/h5-6H,1,4H2,2-3H3;3H,1-2H3;. The fraction of sp³-hybridized carbons (Fsp3) is 0.500. The van der Waals surface area contributed by atoms with Crippen molar-refractivity contribution in [1.82, 2.24) is 0 Å². The van der Waals surface area contributed by atoms with E-state index in [9.17, 15) is 0 Å². The SMILES string of the molecule is C=CC(=C)C(C)C.CC=NC.[Pt]. The van der Waals surface area contributed by atoms with Crippen LogP contribution in [0.2, 0.25) is 0 Å². The van der Waals surface area contributed by atoms with Gasteiger partial charge < -0.3 is 4.99 Å². The Morgan fingerprint density at radius 3 is 1.75 bits per heavy atom. The summed E-state index contributed by atoms with van der Waals surface area (Å²) in [5.41, 5.74) is 1.11. The van der Waals surface area contributed by atoms with Crippen molar-refractivity contribution in [2.24, 2.45) is 10.9 Å². The number of hydrogen-bond acceptors (Lipinski definition) is 1. The summed E-state index contributed by atoms with van der Waals surface area (Å²) >= 11 is 0. The molecule has 0 rings (SSSR count). The van der Waals surface area contributed by atoms with Crippen molar-refractivity contribution in [3.63, 3.8) is 0 Å². The molecule has 0 aromatic rings. The summed E-state index contributed by atoms with van der Waals surface area (Å²) in [6, 6.07) is 0. The van der Waals surface area contributed by atoms with Crippen LogP contribution in [0.25, 0.3) is 0 Å². The zero-order chi connectivity index (χ0) is 9.28. The van der Waals surface area contributed by atoms with Crippen LogP contribution in [0.5, 0.6) is 0 Å². The largest absolute Gasteiger partial charge is 0.301 e. The Morgan fingerprint density at radius 2 is 1.75 bits per heavy atom. The molecule has 12 heavy (non-hydrogen) atoms. The average Bonchev–Trinajstić information content (AvgIpc) is 2.03. The molecule has 0 atom stereocenters. The van der Waals surface area contributed by atoms with E-state index in [1.807, 2.05) is 6.92 Å². The number of hydrogen-bond donors (Lipinski definition) is 0. The molecule has 1 nitrogen and oxygen atoms in total. The number of allylic oxidation sites excluding steroid dienone is 2.